The van der Waals surface area contributed by atoms with E-state index in [1.165, 1.54) is 22.7 Å². The Morgan fingerprint density at radius 3 is 2.67 bits per heavy atom. The molecule has 2 aromatic rings. The van der Waals surface area contributed by atoms with Crippen LogP contribution in [-0.2, 0) is 4.79 Å². The van der Waals surface area contributed by atoms with Crippen molar-refractivity contribution in [3.8, 4) is 5.75 Å². The summed E-state index contributed by atoms with van der Waals surface area (Å²) >= 11 is 18.3. The average molecular weight is 438 g/mol. The van der Waals surface area contributed by atoms with Gasteiger partial charge in [-0.15, -0.1) is 5.11 Å². The molecule has 3 rings (SSSR count). The molecule has 0 radical (unpaired) electrons. The molecule has 1 fully saturated rings. The Morgan fingerprint density at radius 1 is 1.22 bits per heavy atom. The van der Waals surface area contributed by atoms with Gasteiger partial charge in [0.15, 0.2) is 0 Å². The van der Waals surface area contributed by atoms with E-state index < -0.39 is 0 Å². The van der Waals surface area contributed by atoms with Crippen molar-refractivity contribution in [2.75, 3.05) is 6.54 Å². The van der Waals surface area contributed by atoms with Gasteiger partial charge >= 0.3 is 0 Å². The van der Waals surface area contributed by atoms with E-state index in [-0.39, 0.29) is 11.7 Å². The summed E-state index contributed by atoms with van der Waals surface area (Å²) in [6.07, 6.45) is 1.60. The quantitative estimate of drug-likeness (QED) is 0.344. The van der Waals surface area contributed by atoms with Crippen molar-refractivity contribution in [2.45, 2.75) is 6.92 Å². The minimum Gasteiger partial charge on any atom is -0.507 e. The largest absolute Gasteiger partial charge is 0.507 e. The molecule has 0 saturated carbocycles. The first-order valence-electron chi connectivity index (χ1n) is 7.84. The monoisotopic (exact) mass is 437 g/mol. The highest BCUT2D eigenvalue weighted by Crippen LogP contribution is 2.35. The number of halogens is 2. The van der Waals surface area contributed by atoms with E-state index in [0.29, 0.717) is 42.8 Å². The molecule has 138 valence electrons. The molecule has 1 N–H and O–H groups in total. The van der Waals surface area contributed by atoms with Gasteiger partial charge in [-0.25, -0.2) is 0 Å². The van der Waals surface area contributed by atoms with Crippen LogP contribution in [0, 0.1) is 0 Å². The van der Waals surface area contributed by atoms with Crippen LogP contribution in [0.15, 0.2) is 51.5 Å². The van der Waals surface area contributed by atoms with Gasteiger partial charge in [-0.3, -0.25) is 9.69 Å². The first-order valence-corrected chi connectivity index (χ1v) is 9.82. The van der Waals surface area contributed by atoms with Crippen molar-refractivity contribution in [1.82, 2.24) is 4.90 Å². The number of phenolic OH excluding ortho intramolecular Hbond substituents is 1. The van der Waals surface area contributed by atoms with E-state index in [4.69, 9.17) is 35.4 Å². The smallest absolute Gasteiger partial charge is 0.266 e. The second-order valence-corrected chi connectivity index (χ2v) is 7.98. The summed E-state index contributed by atoms with van der Waals surface area (Å²) in [6.45, 7) is 2.36. The molecule has 9 heteroatoms. The van der Waals surface area contributed by atoms with Crippen LogP contribution in [0.5, 0.6) is 5.75 Å². The summed E-state index contributed by atoms with van der Waals surface area (Å²) in [4.78, 5) is 14.3. The molecular weight excluding hydrogens is 425 g/mol. The number of thiocarbonyl (C=S) groups is 1. The summed E-state index contributed by atoms with van der Waals surface area (Å²) in [5, 5.41) is 19.2. The van der Waals surface area contributed by atoms with Crippen molar-refractivity contribution >= 4 is 74.9 Å². The second kappa shape index (κ2) is 8.39. The third kappa shape index (κ3) is 4.50. The lowest BCUT2D eigenvalue weighted by Gasteiger charge is -2.09. The Balaban J connectivity index is 1.89. The number of carbonyl (C=O) groups excluding carboxylic acids is 1. The molecule has 0 spiro atoms. The molecule has 1 amide bonds. The van der Waals surface area contributed by atoms with Crippen LogP contribution < -0.4 is 0 Å². The second-order valence-electron chi connectivity index (χ2n) is 5.46. The minimum absolute atomic E-state index is 0.0280. The third-order valence-electron chi connectivity index (χ3n) is 3.67. The number of thioether (sulfide) groups is 1. The number of azo groups is 1. The lowest BCUT2D eigenvalue weighted by molar-refractivity contribution is -0.121. The van der Waals surface area contributed by atoms with Crippen molar-refractivity contribution in [1.29, 1.82) is 0 Å². The number of rotatable bonds is 4. The lowest BCUT2D eigenvalue weighted by Crippen LogP contribution is -2.27. The summed E-state index contributed by atoms with van der Waals surface area (Å²) < 4.78 is 0.501. The Morgan fingerprint density at radius 2 is 2.00 bits per heavy atom. The molecule has 1 aliphatic heterocycles. The fraction of sp³-hybridized carbons (Fsp3) is 0.111. The molecule has 5 nitrogen and oxygen atoms in total. The van der Waals surface area contributed by atoms with E-state index in [0.717, 1.165) is 0 Å². The van der Waals surface area contributed by atoms with Crippen molar-refractivity contribution in [3.05, 3.63) is 56.9 Å². The third-order valence-corrected chi connectivity index (χ3v) is 5.59. The van der Waals surface area contributed by atoms with E-state index in [1.54, 1.807) is 36.4 Å². The average Bonchev–Trinajstić information content (AvgIpc) is 2.89. The summed E-state index contributed by atoms with van der Waals surface area (Å²) in [5.41, 5.74) is 1.42. The first kappa shape index (κ1) is 19.8. The van der Waals surface area contributed by atoms with E-state index in [9.17, 15) is 9.90 Å². The van der Waals surface area contributed by atoms with Crippen LogP contribution in [-0.4, -0.2) is 26.8 Å². The summed E-state index contributed by atoms with van der Waals surface area (Å²) in [5.74, 6) is -0.146. The van der Waals surface area contributed by atoms with Crippen LogP contribution in [0.3, 0.4) is 0 Å². The number of likely N-dealkylation sites (N-methyl/N-ethyl adjacent to an activating group) is 1. The van der Waals surface area contributed by atoms with E-state index >= 15 is 0 Å². The van der Waals surface area contributed by atoms with Gasteiger partial charge in [0.2, 0.25) is 0 Å². The van der Waals surface area contributed by atoms with E-state index in [2.05, 4.69) is 10.2 Å². The molecule has 1 heterocycles. The Labute approximate surface area is 175 Å². The number of benzene rings is 2. The molecule has 0 atom stereocenters. The van der Waals surface area contributed by atoms with Gasteiger partial charge in [0.25, 0.3) is 5.91 Å². The zero-order chi connectivity index (χ0) is 19.6. The minimum atomic E-state index is -0.174. The number of amides is 1. The predicted molar refractivity (Wildman–Crippen MR) is 114 cm³/mol. The number of hydrogen-bond acceptors (Lipinski definition) is 6. The molecule has 0 bridgehead atoms. The van der Waals surface area contributed by atoms with Gasteiger partial charge < -0.3 is 5.11 Å². The topological polar surface area (TPSA) is 65.3 Å². The van der Waals surface area contributed by atoms with Gasteiger partial charge in [0.1, 0.15) is 15.8 Å². The van der Waals surface area contributed by atoms with E-state index in [1.807, 2.05) is 6.92 Å². The molecule has 2 aromatic carbocycles. The molecule has 0 aliphatic carbocycles. The normalized spacial score (nSPS) is 16.1. The molecule has 27 heavy (non-hydrogen) atoms. The Bertz CT molecular complexity index is 993. The maximum atomic E-state index is 12.3. The molecule has 0 aromatic heterocycles. The number of phenols is 1. The van der Waals surface area contributed by atoms with Gasteiger partial charge in [0, 0.05) is 17.1 Å². The predicted octanol–water partition coefficient (Wildman–Crippen LogP) is 6.34. The van der Waals surface area contributed by atoms with Gasteiger partial charge in [0.05, 0.1) is 15.6 Å². The van der Waals surface area contributed by atoms with Crippen molar-refractivity contribution in [3.63, 3.8) is 0 Å². The zero-order valence-corrected chi connectivity index (χ0v) is 17.2. The Kier molecular flexibility index (Phi) is 6.16. The zero-order valence-electron chi connectivity index (χ0n) is 14.0. The standard InChI is InChI=1S/C18H13Cl2N3O2S2/c1-2-23-17(25)16(27-18(23)26)8-10-7-12(4-6-15(10)24)21-22-14-5-3-11(19)9-13(14)20/h3-9,24H,2H2,1H3/b16-8+,22-21?. The van der Waals surface area contributed by atoms with Crippen molar-refractivity contribution in [2.24, 2.45) is 10.2 Å². The van der Waals surface area contributed by atoms with Crippen LogP contribution in [0.4, 0.5) is 11.4 Å². The highest BCUT2D eigenvalue weighted by molar-refractivity contribution is 8.26. The number of nitrogens with zero attached hydrogens (tertiary/aromatic N) is 3. The van der Waals surface area contributed by atoms with Gasteiger partial charge in [-0.1, -0.05) is 47.2 Å². The fourth-order valence-corrected chi connectivity index (χ4v) is 4.13. The van der Waals surface area contributed by atoms with Crippen LogP contribution >= 0.6 is 47.2 Å². The highest BCUT2D eigenvalue weighted by atomic mass is 35.5. The lowest BCUT2D eigenvalue weighted by atomic mass is 10.1. The molecule has 0 unspecified atom stereocenters. The summed E-state index contributed by atoms with van der Waals surface area (Å²) in [7, 11) is 0. The SMILES string of the molecule is CCN1C(=O)/C(=C\c2cc(N=Nc3ccc(Cl)cc3Cl)ccc2O)SC1=S. The van der Waals surface area contributed by atoms with Crippen LogP contribution in [0.25, 0.3) is 6.08 Å². The first-order chi connectivity index (χ1) is 12.9. The summed E-state index contributed by atoms with van der Waals surface area (Å²) in [6, 6.07) is 9.63. The maximum absolute atomic E-state index is 12.3. The number of hydrogen-bond donors (Lipinski definition) is 1. The van der Waals surface area contributed by atoms with Gasteiger partial charge in [-0.2, -0.15) is 5.11 Å². The van der Waals surface area contributed by atoms with Crippen LogP contribution in [0.1, 0.15) is 12.5 Å². The maximum Gasteiger partial charge on any atom is 0.266 e. The number of carbonyl (C=O) groups is 1. The molecular formula is C18H13Cl2N3O2S2. The van der Waals surface area contributed by atoms with Crippen LogP contribution in [0.2, 0.25) is 10.0 Å². The molecule has 1 saturated heterocycles. The highest BCUT2D eigenvalue weighted by Gasteiger charge is 2.30. The Hall–Kier alpha value is -1.93. The fourth-order valence-electron chi connectivity index (χ4n) is 2.31. The van der Waals surface area contributed by atoms with Gasteiger partial charge in [-0.05, 0) is 49.4 Å². The molecule has 1 aliphatic rings. The van der Waals surface area contributed by atoms with Crippen molar-refractivity contribution < 1.29 is 9.90 Å². The number of aromatic hydroxyl groups is 1.